The van der Waals surface area contributed by atoms with Gasteiger partial charge in [-0.15, -0.1) is 11.3 Å². The van der Waals surface area contributed by atoms with Crippen LogP contribution < -0.4 is 10.7 Å². The first-order valence-corrected chi connectivity index (χ1v) is 7.96. The maximum Gasteiger partial charge on any atom is 0.416 e. The fourth-order valence-electron chi connectivity index (χ4n) is 2.26. The molecule has 0 aliphatic carbocycles. The molecule has 0 atom stereocenters. The van der Waals surface area contributed by atoms with Crippen molar-refractivity contribution in [3.05, 3.63) is 56.3 Å². The van der Waals surface area contributed by atoms with Gasteiger partial charge >= 0.3 is 6.18 Å². The van der Waals surface area contributed by atoms with Crippen LogP contribution in [0.1, 0.15) is 26.5 Å². The quantitative estimate of drug-likeness (QED) is 0.722. The normalized spacial score (nSPS) is 11.7. The monoisotopic (exact) mass is 367 g/mol. The highest BCUT2D eigenvalue weighted by Gasteiger charge is 2.30. The van der Waals surface area contributed by atoms with Gasteiger partial charge in [-0.3, -0.25) is 14.9 Å². The number of nitrogens with one attached hydrogen (secondary N) is 2. The molecule has 130 valence electrons. The number of aromatic amines is 1. The van der Waals surface area contributed by atoms with Gasteiger partial charge in [0.25, 0.3) is 5.91 Å². The van der Waals surface area contributed by atoms with Crippen LogP contribution in [0, 0.1) is 13.8 Å². The summed E-state index contributed by atoms with van der Waals surface area (Å²) in [6.45, 7) is 3.65. The number of pyridine rings is 1. The Balaban J connectivity index is 1.98. The van der Waals surface area contributed by atoms with Crippen molar-refractivity contribution in [3.8, 4) is 0 Å². The summed E-state index contributed by atoms with van der Waals surface area (Å²) >= 11 is 1.27. The van der Waals surface area contributed by atoms with Crippen LogP contribution in [0.5, 0.6) is 0 Å². The first-order valence-electron chi connectivity index (χ1n) is 7.15. The number of carbonyl (C=O) groups is 1. The highest BCUT2D eigenvalue weighted by Crippen LogP contribution is 2.30. The molecule has 1 aromatic carbocycles. The lowest BCUT2D eigenvalue weighted by Gasteiger charge is -2.08. The molecule has 0 aliphatic heterocycles. The predicted molar refractivity (Wildman–Crippen MR) is 89.1 cm³/mol. The third-order valence-corrected chi connectivity index (χ3v) is 4.69. The van der Waals surface area contributed by atoms with E-state index in [1.807, 2.05) is 6.92 Å². The summed E-state index contributed by atoms with van der Waals surface area (Å²) in [5.41, 5.74) is -0.936. The average molecular weight is 367 g/mol. The molecular formula is C16H12F3N3O2S. The van der Waals surface area contributed by atoms with Gasteiger partial charge in [-0.25, -0.2) is 4.98 Å². The smallest absolute Gasteiger partial charge is 0.360 e. The zero-order chi connectivity index (χ0) is 18.4. The highest BCUT2D eigenvalue weighted by molar-refractivity contribution is 7.15. The summed E-state index contributed by atoms with van der Waals surface area (Å²) in [7, 11) is 0. The minimum atomic E-state index is -4.51. The number of fused-ring (bicyclic) bond motifs is 1. The van der Waals surface area contributed by atoms with Gasteiger partial charge in [0.05, 0.1) is 11.3 Å². The van der Waals surface area contributed by atoms with Crippen LogP contribution in [0.4, 0.5) is 18.3 Å². The molecule has 2 heterocycles. The number of aromatic nitrogens is 2. The molecule has 0 aliphatic rings. The molecule has 0 bridgehead atoms. The number of hydrogen-bond donors (Lipinski definition) is 2. The lowest BCUT2D eigenvalue weighted by atomic mass is 10.1. The van der Waals surface area contributed by atoms with Gasteiger partial charge in [-0.1, -0.05) is 0 Å². The van der Waals surface area contributed by atoms with Crippen LogP contribution >= 0.6 is 11.3 Å². The van der Waals surface area contributed by atoms with Crippen LogP contribution in [0.15, 0.2) is 29.2 Å². The lowest BCUT2D eigenvalue weighted by Crippen LogP contribution is -2.22. The predicted octanol–water partition coefficient (Wildman–Crippen LogP) is 3.87. The first-order chi connectivity index (χ1) is 11.7. The summed E-state index contributed by atoms with van der Waals surface area (Å²) in [6, 6.07) is 2.71. The Hall–Kier alpha value is -2.68. The van der Waals surface area contributed by atoms with Crippen LogP contribution in [0.3, 0.4) is 0 Å². The molecule has 9 heteroatoms. The van der Waals surface area contributed by atoms with Crippen molar-refractivity contribution in [2.24, 2.45) is 0 Å². The van der Waals surface area contributed by atoms with E-state index in [9.17, 15) is 22.8 Å². The Morgan fingerprint density at radius 1 is 1.28 bits per heavy atom. The number of thiazole rings is 1. The SMILES string of the molecule is Cc1nc(NC(=O)c2c[nH]c3cc(C(F)(F)F)ccc3c2=O)sc1C. The van der Waals surface area contributed by atoms with Crippen LogP contribution in [-0.2, 0) is 6.18 Å². The molecule has 0 saturated carbocycles. The van der Waals surface area contributed by atoms with Gasteiger partial charge in [-0.2, -0.15) is 13.2 Å². The summed E-state index contributed by atoms with van der Waals surface area (Å²) in [4.78, 5) is 32.4. The van der Waals surface area contributed by atoms with E-state index in [1.54, 1.807) is 6.92 Å². The molecular weight excluding hydrogens is 355 g/mol. The number of carbonyl (C=O) groups excluding carboxylic acids is 1. The Morgan fingerprint density at radius 3 is 2.60 bits per heavy atom. The molecule has 0 spiro atoms. The van der Waals surface area contributed by atoms with Gasteiger partial charge < -0.3 is 4.98 Å². The van der Waals surface area contributed by atoms with Gasteiger partial charge in [0.2, 0.25) is 5.43 Å². The van der Waals surface area contributed by atoms with Crippen molar-refractivity contribution in [3.63, 3.8) is 0 Å². The minimum Gasteiger partial charge on any atom is -0.360 e. The fraction of sp³-hybridized carbons (Fsp3) is 0.188. The number of halogens is 3. The Bertz CT molecular complexity index is 1020. The molecule has 1 amide bonds. The number of alkyl halides is 3. The van der Waals surface area contributed by atoms with Crippen molar-refractivity contribution < 1.29 is 18.0 Å². The van der Waals surface area contributed by atoms with Crippen molar-refractivity contribution >= 4 is 33.3 Å². The number of amides is 1. The van der Waals surface area contributed by atoms with Gasteiger partial charge in [0.1, 0.15) is 5.56 Å². The molecule has 3 rings (SSSR count). The zero-order valence-corrected chi connectivity index (χ0v) is 13.9. The summed E-state index contributed by atoms with van der Waals surface area (Å²) in [5, 5.41) is 2.89. The van der Waals surface area contributed by atoms with Crippen LogP contribution in [0.2, 0.25) is 0 Å². The van der Waals surface area contributed by atoms with E-state index < -0.39 is 23.1 Å². The number of nitrogens with zero attached hydrogens (tertiary/aromatic N) is 1. The second kappa shape index (κ2) is 5.99. The Labute approximate surface area is 143 Å². The largest absolute Gasteiger partial charge is 0.416 e. The molecule has 0 radical (unpaired) electrons. The number of H-pyrrole nitrogens is 1. The maximum absolute atomic E-state index is 12.7. The van der Waals surface area contributed by atoms with E-state index in [1.165, 1.54) is 11.3 Å². The third-order valence-electron chi connectivity index (χ3n) is 3.70. The second-order valence-corrected chi connectivity index (χ2v) is 6.61. The number of hydrogen-bond acceptors (Lipinski definition) is 4. The molecule has 0 unspecified atom stereocenters. The number of benzene rings is 1. The molecule has 0 saturated heterocycles. The number of anilines is 1. The highest BCUT2D eigenvalue weighted by atomic mass is 32.1. The average Bonchev–Trinajstić information content (AvgIpc) is 2.84. The molecule has 0 fully saturated rings. The van der Waals surface area contributed by atoms with E-state index in [0.29, 0.717) is 5.13 Å². The van der Waals surface area contributed by atoms with Gasteiger partial charge in [0.15, 0.2) is 5.13 Å². The van der Waals surface area contributed by atoms with Crippen LogP contribution in [0.25, 0.3) is 10.9 Å². The summed E-state index contributed by atoms with van der Waals surface area (Å²) < 4.78 is 38.2. The second-order valence-electron chi connectivity index (χ2n) is 5.40. The molecule has 5 nitrogen and oxygen atoms in total. The van der Waals surface area contributed by atoms with Crippen molar-refractivity contribution in [2.45, 2.75) is 20.0 Å². The van der Waals surface area contributed by atoms with Crippen molar-refractivity contribution in [1.29, 1.82) is 0 Å². The molecule has 3 aromatic rings. The van der Waals surface area contributed by atoms with E-state index >= 15 is 0 Å². The molecule has 25 heavy (non-hydrogen) atoms. The van der Waals surface area contributed by atoms with Crippen molar-refractivity contribution in [1.82, 2.24) is 9.97 Å². The van der Waals surface area contributed by atoms with Crippen molar-refractivity contribution in [2.75, 3.05) is 5.32 Å². The molecule has 2 N–H and O–H groups in total. The fourth-order valence-corrected chi connectivity index (χ4v) is 3.07. The zero-order valence-electron chi connectivity index (χ0n) is 13.1. The van der Waals surface area contributed by atoms with Gasteiger partial charge in [0, 0.05) is 22.0 Å². The Kier molecular flexibility index (Phi) is 4.11. The maximum atomic E-state index is 12.7. The Morgan fingerprint density at radius 2 is 2.00 bits per heavy atom. The topological polar surface area (TPSA) is 74.8 Å². The van der Waals surface area contributed by atoms with E-state index in [0.717, 1.165) is 35.0 Å². The summed E-state index contributed by atoms with van der Waals surface area (Å²) in [6.07, 6.45) is -3.41. The minimum absolute atomic E-state index is 0.00662. The molecule has 2 aromatic heterocycles. The lowest BCUT2D eigenvalue weighted by molar-refractivity contribution is -0.137. The summed E-state index contributed by atoms with van der Waals surface area (Å²) in [5.74, 6) is -0.670. The standard InChI is InChI=1S/C16H12F3N3O2S/c1-7-8(2)25-15(21-7)22-14(24)11-6-20-12-5-9(16(17,18)19)3-4-10(12)13(11)23/h3-6H,1-2H3,(H,20,23)(H,21,22,24). The number of rotatable bonds is 2. The van der Waals surface area contributed by atoms with Crippen LogP contribution in [-0.4, -0.2) is 15.9 Å². The third kappa shape index (κ3) is 3.27. The van der Waals surface area contributed by atoms with E-state index in [2.05, 4.69) is 15.3 Å². The first kappa shape index (κ1) is 17.2. The van der Waals surface area contributed by atoms with Gasteiger partial charge in [-0.05, 0) is 32.0 Å². The van der Waals surface area contributed by atoms with E-state index in [4.69, 9.17) is 0 Å². The van der Waals surface area contributed by atoms with E-state index in [-0.39, 0.29) is 16.5 Å². The number of aryl methyl sites for hydroxylation is 2.